The second kappa shape index (κ2) is 8.60. The van der Waals surface area contributed by atoms with Gasteiger partial charge in [0.05, 0.1) is 4.99 Å². The van der Waals surface area contributed by atoms with E-state index in [1.54, 1.807) is 12.1 Å². The monoisotopic (exact) mass is 380 g/mol. The molecule has 0 bridgehead atoms. The van der Waals surface area contributed by atoms with Gasteiger partial charge in [0.15, 0.2) is 5.78 Å². The number of aliphatic carboxylic acids is 1. The highest BCUT2D eigenvalue weighted by Crippen LogP contribution is 2.19. The van der Waals surface area contributed by atoms with E-state index in [0.717, 1.165) is 16.5 Å². The highest BCUT2D eigenvalue weighted by molar-refractivity contribution is 7.80. The standard InChI is InChI=1S/C21H20N2O3S/c24-19(14-6-2-1-3-7-14)10-11-20(27)23-18(21(25)26)12-15-13-22-17-9-5-4-8-16(15)17/h1-9,13,18,22H,10-12H2,(H,23,27)(H,25,26). The maximum absolute atomic E-state index is 12.2. The fraction of sp³-hybridized carbons (Fsp3) is 0.190. The largest absolute Gasteiger partial charge is 0.480 e. The molecule has 0 aliphatic heterocycles. The molecule has 3 rings (SSSR count). The number of benzene rings is 2. The van der Waals surface area contributed by atoms with Crippen molar-refractivity contribution in [1.82, 2.24) is 10.3 Å². The number of hydrogen-bond donors (Lipinski definition) is 3. The third kappa shape index (κ3) is 4.80. The number of carbonyl (C=O) groups excluding carboxylic acids is 1. The molecule has 0 spiro atoms. The molecule has 0 fully saturated rings. The minimum Gasteiger partial charge on any atom is -0.480 e. The molecule has 3 aromatic rings. The number of ketones is 1. The second-order valence-corrected chi connectivity index (χ2v) is 6.80. The Balaban J connectivity index is 1.60. The van der Waals surface area contributed by atoms with Crippen molar-refractivity contribution in [3.63, 3.8) is 0 Å². The van der Waals surface area contributed by atoms with Crippen LogP contribution in [0.2, 0.25) is 0 Å². The number of para-hydroxylation sites is 1. The van der Waals surface area contributed by atoms with Crippen molar-refractivity contribution in [3.8, 4) is 0 Å². The van der Waals surface area contributed by atoms with Crippen molar-refractivity contribution < 1.29 is 14.7 Å². The summed E-state index contributed by atoms with van der Waals surface area (Å²) in [5.41, 5.74) is 2.51. The molecule has 1 unspecified atom stereocenters. The predicted octanol–water partition coefficient (Wildman–Crippen LogP) is 3.74. The highest BCUT2D eigenvalue weighted by Gasteiger charge is 2.21. The highest BCUT2D eigenvalue weighted by atomic mass is 32.1. The first-order valence-electron chi connectivity index (χ1n) is 8.70. The average molecular weight is 380 g/mol. The minimum absolute atomic E-state index is 0.0109. The molecule has 0 radical (unpaired) electrons. The van der Waals surface area contributed by atoms with Gasteiger partial charge in [-0.3, -0.25) is 4.79 Å². The molecule has 0 aliphatic rings. The van der Waals surface area contributed by atoms with Crippen LogP contribution in [0.15, 0.2) is 60.8 Å². The summed E-state index contributed by atoms with van der Waals surface area (Å²) in [6.07, 6.45) is 2.69. The van der Waals surface area contributed by atoms with Crippen LogP contribution in [-0.4, -0.2) is 32.9 Å². The Morgan fingerprint density at radius 2 is 1.74 bits per heavy atom. The van der Waals surface area contributed by atoms with E-state index in [1.165, 1.54) is 0 Å². The molecule has 0 saturated carbocycles. The summed E-state index contributed by atoms with van der Waals surface area (Å²) in [6, 6.07) is 15.9. The summed E-state index contributed by atoms with van der Waals surface area (Å²) < 4.78 is 0. The number of hydrogen-bond acceptors (Lipinski definition) is 3. The first-order valence-corrected chi connectivity index (χ1v) is 9.11. The van der Waals surface area contributed by atoms with Gasteiger partial charge in [0, 0.05) is 41.9 Å². The Morgan fingerprint density at radius 1 is 1.04 bits per heavy atom. The topological polar surface area (TPSA) is 82.2 Å². The second-order valence-electron chi connectivity index (χ2n) is 6.31. The summed E-state index contributed by atoms with van der Waals surface area (Å²) in [5, 5.41) is 13.4. The Labute approximate surface area is 162 Å². The molecule has 1 atom stereocenters. The fourth-order valence-electron chi connectivity index (χ4n) is 2.98. The third-order valence-electron chi connectivity index (χ3n) is 4.41. The molecular formula is C21H20N2O3S. The number of Topliss-reactive ketones (excluding diaryl/α,β-unsaturated/α-hetero) is 1. The number of thiocarbonyl (C=S) groups is 1. The average Bonchev–Trinajstić information content (AvgIpc) is 3.09. The number of nitrogens with one attached hydrogen (secondary N) is 2. The van der Waals surface area contributed by atoms with Crippen LogP contribution < -0.4 is 5.32 Å². The quantitative estimate of drug-likeness (QED) is 0.410. The van der Waals surface area contributed by atoms with Crippen LogP contribution in [0.4, 0.5) is 0 Å². The lowest BCUT2D eigenvalue weighted by atomic mass is 10.0. The van der Waals surface area contributed by atoms with Gasteiger partial charge in [-0.2, -0.15) is 0 Å². The van der Waals surface area contributed by atoms with Gasteiger partial charge in [0.1, 0.15) is 6.04 Å². The van der Waals surface area contributed by atoms with Crippen molar-refractivity contribution in [3.05, 3.63) is 71.9 Å². The Bertz CT molecular complexity index is 966. The normalized spacial score (nSPS) is 11.9. The summed E-state index contributed by atoms with van der Waals surface area (Å²) >= 11 is 5.27. The maximum atomic E-state index is 12.2. The molecule has 138 valence electrons. The van der Waals surface area contributed by atoms with Gasteiger partial charge in [0.25, 0.3) is 0 Å². The Kier molecular flexibility index (Phi) is 5.98. The van der Waals surface area contributed by atoms with Crippen molar-refractivity contribution >= 4 is 39.9 Å². The SMILES string of the molecule is O=C(CCC(=S)NC(Cc1c[nH]c2ccccc12)C(=O)O)c1ccccc1. The van der Waals surface area contributed by atoms with Gasteiger partial charge >= 0.3 is 5.97 Å². The number of rotatable bonds is 8. The van der Waals surface area contributed by atoms with Crippen LogP contribution >= 0.6 is 12.2 Å². The van der Waals surface area contributed by atoms with E-state index in [4.69, 9.17) is 12.2 Å². The van der Waals surface area contributed by atoms with Gasteiger partial charge in [-0.25, -0.2) is 4.79 Å². The summed E-state index contributed by atoms with van der Waals surface area (Å²) in [4.78, 5) is 27.3. The van der Waals surface area contributed by atoms with Gasteiger partial charge in [-0.15, -0.1) is 0 Å². The molecule has 6 heteroatoms. The number of aromatic amines is 1. The van der Waals surface area contributed by atoms with Crippen LogP contribution in [-0.2, 0) is 11.2 Å². The lowest BCUT2D eigenvalue weighted by Crippen LogP contribution is -2.41. The fourth-order valence-corrected chi connectivity index (χ4v) is 3.23. The first kappa shape index (κ1) is 18.8. The number of carbonyl (C=O) groups is 2. The molecule has 0 aliphatic carbocycles. The molecule has 27 heavy (non-hydrogen) atoms. The molecule has 0 saturated heterocycles. The van der Waals surface area contributed by atoms with E-state index in [-0.39, 0.29) is 12.2 Å². The molecule has 1 heterocycles. The van der Waals surface area contributed by atoms with Crippen molar-refractivity contribution in [2.75, 3.05) is 0 Å². The Hall–Kier alpha value is -2.99. The van der Waals surface area contributed by atoms with Crippen LogP contribution in [0.1, 0.15) is 28.8 Å². The maximum Gasteiger partial charge on any atom is 0.326 e. The van der Waals surface area contributed by atoms with Gasteiger partial charge in [-0.05, 0) is 11.6 Å². The van der Waals surface area contributed by atoms with Gasteiger partial charge < -0.3 is 15.4 Å². The summed E-state index contributed by atoms with van der Waals surface area (Å²) in [5.74, 6) is -0.986. The van der Waals surface area contributed by atoms with E-state index < -0.39 is 12.0 Å². The zero-order valence-electron chi connectivity index (χ0n) is 14.6. The lowest BCUT2D eigenvalue weighted by Gasteiger charge is -2.16. The predicted molar refractivity (Wildman–Crippen MR) is 109 cm³/mol. The van der Waals surface area contributed by atoms with E-state index in [2.05, 4.69) is 10.3 Å². The molecule has 3 N–H and O–H groups in total. The van der Waals surface area contributed by atoms with Crippen LogP contribution in [0.5, 0.6) is 0 Å². The number of carboxylic acids is 1. The van der Waals surface area contributed by atoms with E-state index >= 15 is 0 Å². The molecule has 1 aromatic heterocycles. The van der Waals surface area contributed by atoms with Crippen molar-refractivity contribution in [1.29, 1.82) is 0 Å². The zero-order valence-corrected chi connectivity index (χ0v) is 15.5. The molecule has 2 aromatic carbocycles. The van der Waals surface area contributed by atoms with Gasteiger partial charge in [-0.1, -0.05) is 60.7 Å². The lowest BCUT2D eigenvalue weighted by molar-refractivity contribution is -0.139. The number of aromatic nitrogens is 1. The summed E-state index contributed by atoms with van der Waals surface area (Å²) in [7, 11) is 0. The van der Waals surface area contributed by atoms with Crippen LogP contribution in [0.3, 0.4) is 0 Å². The number of carboxylic acid groups (broad SMARTS) is 1. The number of H-pyrrole nitrogens is 1. The smallest absolute Gasteiger partial charge is 0.326 e. The molecule has 0 amide bonds. The van der Waals surface area contributed by atoms with E-state index in [0.29, 0.717) is 23.4 Å². The van der Waals surface area contributed by atoms with E-state index in [1.807, 2.05) is 48.7 Å². The first-order chi connectivity index (χ1) is 13.0. The minimum atomic E-state index is -0.975. The third-order valence-corrected chi connectivity index (χ3v) is 4.73. The van der Waals surface area contributed by atoms with Gasteiger partial charge in [0.2, 0.25) is 0 Å². The van der Waals surface area contributed by atoms with Crippen LogP contribution in [0, 0.1) is 0 Å². The zero-order chi connectivity index (χ0) is 19.2. The molecule has 5 nitrogen and oxygen atoms in total. The summed E-state index contributed by atoms with van der Waals surface area (Å²) in [6.45, 7) is 0. The molecular weight excluding hydrogens is 360 g/mol. The Morgan fingerprint density at radius 3 is 2.48 bits per heavy atom. The van der Waals surface area contributed by atoms with Crippen molar-refractivity contribution in [2.45, 2.75) is 25.3 Å². The van der Waals surface area contributed by atoms with E-state index in [9.17, 15) is 14.7 Å². The van der Waals surface area contributed by atoms with Crippen LogP contribution in [0.25, 0.3) is 10.9 Å². The number of fused-ring (bicyclic) bond motifs is 1. The van der Waals surface area contributed by atoms with Crippen molar-refractivity contribution in [2.24, 2.45) is 0 Å².